The zero-order chi connectivity index (χ0) is 41.5. The number of carboxylic acids is 2. The molecule has 2 aromatic carbocycles. The minimum Gasteiger partial charge on any atom is -0.481 e. The number of nitrogens with one attached hydrogen (secondary N) is 6. The molecule has 3 rings (SSSR count). The molecule has 11 N–H and O–H groups in total. The Kier molecular flexibility index (Phi) is 17.0. The molecule has 0 radical (unpaired) electrons. The second-order valence-electron chi connectivity index (χ2n) is 14.1. The molecule has 3 aromatic rings. The van der Waals surface area contributed by atoms with Crippen molar-refractivity contribution in [3.8, 4) is 0 Å². The normalized spacial score (nSPS) is 15.0. The van der Waals surface area contributed by atoms with E-state index in [-0.39, 0.29) is 18.8 Å². The lowest BCUT2D eigenvalue weighted by Gasteiger charge is -2.29. The van der Waals surface area contributed by atoms with Crippen molar-refractivity contribution in [2.45, 2.75) is 96.1 Å². The number of amides is 5. The number of carbonyl (C=O) groups is 7. The van der Waals surface area contributed by atoms with Gasteiger partial charge < -0.3 is 52.6 Å². The van der Waals surface area contributed by atoms with Gasteiger partial charge in [-0.2, -0.15) is 0 Å². The van der Waals surface area contributed by atoms with Gasteiger partial charge in [-0.15, -0.1) is 0 Å². The summed E-state index contributed by atoms with van der Waals surface area (Å²) in [7, 11) is 0. The fourth-order valence-corrected chi connectivity index (χ4v) is 5.84. The number of para-hydroxylation sites is 1. The predicted octanol–water partition coefficient (Wildman–Crippen LogP) is 0.348. The molecule has 0 aliphatic carbocycles. The van der Waals surface area contributed by atoms with E-state index >= 15 is 0 Å². The SMILES string of the molecule is CC[C@H](C)[C@H](NC(=O)[C@H](CO)NC(=O)[C@@H](N)C(C)C)C(=O)N[C@@H](Cc1ccccc1)C(=O)N[C@@H](Cc1c[nH]c2ccccc12)C(=O)N[C@@H](CCC(=O)O)C(=O)O. The number of benzene rings is 2. The Bertz CT molecular complexity index is 1830. The van der Waals surface area contributed by atoms with Gasteiger partial charge in [0.2, 0.25) is 29.5 Å². The van der Waals surface area contributed by atoms with E-state index in [1.54, 1.807) is 76.4 Å². The summed E-state index contributed by atoms with van der Waals surface area (Å²) < 4.78 is 0. The van der Waals surface area contributed by atoms with E-state index < -0.39 is 103 Å². The van der Waals surface area contributed by atoms with Crippen LogP contribution in [0.3, 0.4) is 0 Å². The third kappa shape index (κ3) is 12.9. The number of aromatic nitrogens is 1. The molecular formula is C39H53N7O10. The van der Waals surface area contributed by atoms with Gasteiger partial charge in [-0.25, -0.2) is 4.79 Å². The molecule has 0 fully saturated rings. The van der Waals surface area contributed by atoms with E-state index in [0.29, 0.717) is 17.5 Å². The molecule has 7 atom stereocenters. The maximum atomic E-state index is 14.2. The average molecular weight is 780 g/mol. The number of carboxylic acid groups (broad SMARTS) is 2. The first-order chi connectivity index (χ1) is 26.6. The van der Waals surface area contributed by atoms with Gasteiger partial charge in [0.1, 0.15) is 30.2 Å². The molecular weight excluding hydrogens is 726 g/mol. The first-order valence-corrected chi connectivity index (χ1v) is 18.5. The zero-order valence-electron chi connectivity index (χ0n) is 31.9. The number of aliphatic hydroxyl groups excluding tert-OH is 1. The summed E-state index contributed by atoms with van der Waals surface area (Å²) in [5.41, 5.74) is 7.90. The Hall–Kier alpha value is -5.81. The Morgan fingerprint density at radius 3 is 1.84 bits per heavy atom. The second kappa shape index (κ2) is 21.3. The van der Waals surface area contributed by atoms with Crippen LogP contribution in [-0.2, 0) is 46.4 Å². The Morgan fingerprint density at radius 1 is 0.696 bits per heavy atom. The maximum Gasteiger partial charge on any atom is 0.326 e. The van der Waals surface area contributed by atoms with Crippen LogP contribution >= 0.6 is 0 Å². The molecule has 0 spiro atoms. The van der Waals surface area contributed by atoms with Gasteiger partial charge in [0.15, 0.2) is 0 Å². The summed E-state index contributed by atoms with van der Waals surface area (Å²) in [4.78, 5) is 94.2. The first-order valence-electron chi connectivity index (χ1n) is 18.5. The van der Waals surface area contributed by atoms with Crippen LogP contribution in [0.1, 0.15) is 58.1 Å². The second-order valence-corrected chi connectivity index (χ2v) is 14.1. The van der Waals surface area contributed by atoms with Gasteiger partial charge in [0, 0.05) is 36.4 Å². The Morgan fingerprint density at radius 2 is 1.25 bits per heavy atom. The molecule has 17 nitrogen and oxygen atoms in total. The van der Waals surface area contributed by atoms with E-state index in [4.69, 9.17) is 10.8 Å². The number of fused-ring (bicyclic) bond motifs is 1. The van der Waals surface area contributed by atoms with Gasteiger partial charge in [0.25, 0.3) is 0 Å². The lowest BCUT2D eigenvalue weighted by atomic mass is 9.96. The molecule has 0 aliphatic rings. The van der Waals surface area contributed by atoms with E-state index in [9.17, 15) is 43.8 Å². The van der Waals surface area contributed by atoms with Crippen LogP contribution in [0.5, 0.6) is 0 Å². The number of rotatable bonds is 22. The summed E-state index contributed by atoms with van der Waals surface area (Å²) in [6, 6.07) is 8.00. The van der Waals surface area contributed by atoms with E-state index in [2.05, 4.69) is 31.6 Å². The topological polar surface area (TPSA) is 282 Å². The zero-order valence-corrected chi connectivity index (χ0v) is 31.9. The van der Waals surface area contributed by atoms with E-state index in [1.165, 1.54) is 0 Å². The number of hydrogen-bond acceptors (Lipinski definition) is 9. The summed E-state index contributed by atoms with van der Waals surface area (Å²) in [6.45, 7) is 6.14. The van der Waals surface area contributed by atoms with Crippen LogP contribution < -0.4 is 32.3 Å². The number of aromatic amines is 1. The van der Waals surface area contributed by atoms with Crippen LogP contribution in [0.25, 0.3) is 10.9 Å². The van der Waals surface area contributed by atoms with Crippen LogP contribution in [0, 0.1) is 11.8 Å². The molecule has 5 amide bonds. The molecule has 0 aliphatic heterocycles. The van der Waals surface area contributed by atoms with E-state index in [0.717, 1.165) is 10.9 Å². The van der Waals surface area contributed by atoms with Gasteiger partial charge in [0.05, 0.1) is 12.6 Å². The largest absolute Gasteiger partial charge is 0.481 e. The molecule has 1 heterocycles. The lowest BCUT2D eigenvalue weighted by molar-refractivity contribution is -0.143. The maximum absolute atomic E-state index is 14.2. The van der Waals surface area contributed by atoms with Gasteiger partial charge in [-0.3, -0.25) is 28.8 Å². The van der Waals surface area contributed by atoms with Crippen molar-refractivity contribution in [3.63, 3.8) is 0 Å². The van der Waals surface area contributed by atoms with Crippen molar-refractivity contribution in [1.29, 1.82) is 0 Å². The number of carbonyl (C=O) groups excluding carboxylic acids is 5. The van der Waals surface area contributed by atoms with Gasteiger partial charge in [-0.1, -0.05) is 82.6 Å². The van der Waals surface area contributed by atoms with Crippen molar-refractivity contribution in [2.24, 2.45) is 17.6 Å². The highest BCUT2D eigenvalue weighted by atomic mass is 16.4. The van der Waals surface area contributed by atoms with Crippen molar-refractivity contribution < 1.29 is 48.9 Å². The van der Waals surface area contributed by atoms with Gasteiger partial charge in [-0.05, 0) is 35.4 Å². The standard InChI is InChI=1S/C39H53N7O10/c1-5-22(4)33(46-36(52)30(20-47)45-37(53)32(40)21(2)3)38(54)44-28(17-23-11-7-6-8-12-23)34(50)43-29(18-24-19-41-26-14-10-9-13-25(24)26)35(51)42-27(39(55)56)15-16-31(48)49/h6-14,19,21-22,27-30,32-33,41,47H,5,15-18,20,40H2,1-4H3,(H,42,51)(H,43,50)(H,44,54)(H,45,53)(H,46,52)(H,48,49)(H,55,56)/t22-,27-,28-,29-,30-,32-,33-/m0/s1. The fourth-order valence-electron chi connectivity index (χ4n) is 5.84. The Balaban J connectivity index is 1.94. The molecule has 0 saturated carbocycles. The number of nitrogens with two attached hydrogens (primary N) is 1. The van der Waals surface area contributed by atoms with Crippen molar-refractivity contribution in [1.82, 2.24) is 31.6 Å². The minimum absolute atomic E-state index is 0.0558. The summed E-state index contributed by atoms with van der Waals surface area (Å²) in [6.07, 6.45) is 0.940. The number of hydrogen-bond donors (Lipinski definition) is 10. The van der Waals surface area contributed by atoms with Gasteiger partial charge >= 0.3 is 11.9 Å². The number of aliphatic carboxylic acids is 2. The van der Waals surface area contributed by atoms with E-state index in [1.807, 2.05) is 12.1 Å². The van der Waals surface area contributed by atoms with Crippen molar-refractivity contribution >= 4 is 52.4 Å². The highest BCUT2D eigenvalue weighted by molar-refractivity contribution is 5.97. The first kappa shape index (κ1) is 44.6. The highest BCUT2D eigenvalue weighted by Gasteiger charge is 2.35. The predicted molar refractivity (Wildman–Crippen MR) is 206 cm³/mol. The van der Waals surface area contributed by atoms with Crippen LogP contribution in [0.2, 0.25) is 0 Å². The molecule has 0 saturated heterocycles. The monoisotopic (exact) mass is 779 g/mol. The van der Waals surface area contributed by atoms with Crippen molar-refractivity contribution in [2.75, 3.05) is 6.61 Å². The highest BCUT2D eigenvalue weighted by Crippen LogP contribution is 2.20. The number of aliphatic hydroxyl groups is 1. The summed E-state index contributed by atoms with van der Waals surface area (Å²) >= 11 is 0. The third-order valence-electron chi connectivity index (χ3n) is 9.54. The fraction of sp³-hybridized carbons (Fsp3) is 0.462. The smallest absolute Gasteiger partial charge is 0.326 e. The van der Waals surface area contributed by atoms with Crippen LogP contribution in [-0.4, -0.2) is 105 Å². The average Bonchev–Trinajstić information content (AvgIpc) is 3.58. The molecule has 0 bridgehead atoms. The van der Waals surface area contributed by atoms with Crippen LogP contribution in [0.15, 0.2) is 60.8 Å². The number of H-pyrrole nitrogens is 1. The summed E-state index contributed by atoms with van der Waals surface area (Å²) in [5.74, 6) is -7.46. The molecule has 17 heteroatoms. The van der Waals surface area contributed by atoms with Crippen molar-refractivity contribution in [3.05, 3.63) is 71.9 Å². The quantitative estimate of drug-likeness (QED) is 0.0664. The molecule has 56 heavy (non-hydrogen) atoms. The van der Waals surface area contributed by atoms with Crippen LogP contribution in [0.4, 0.5) is 0 Å². The molecule has 1 aromatic heterocycles. The Labute approximate surface area is 324 Å². The third-order valence-corrected chi connectivity index (χ3v) is 9.54. The molecule has 0 unspecified atom stereocenters. The molecule has 304 valence electrons. The minimum atomic E-state index is -1.57. The lowest BCUT2D eigenvalue weighted by Crippen LogP contribution is -2.61. The summed E-state index contributed by atoms with van der Waals surface area (Å²) in [5, 5.41) is 42.3.